The number of rotatable bonds is 4. The zero-order chi connectivity index (χ0) is 9.03. The molecule has 1 saturated heterocycles. The smallest absolute Gasteiger partial charge is 0.0616 e. The Labute approximate surface area is 75.7 Å². The van der Waals surface area contributed by atoms with Crippen LogP contribution in [0.25, 0.3) is 0 Å². The first-order chi connectivity index (χ1) is 5.75. The highest BCUT2D eigenvalue weighted by Gasteiger charge is 2.39. The van der Waals surface area contributed by atoms with Crippen molar-refractivity contribution in [1.82, 2.24) is 5.32 Å². The minimum Gasteiger partial charge on any atom is -0.378 e. The summed E-state index contributed by atoms with van der Waals surface area (Å²) in [5, 5.41) is 3.29. The molecule has 1 fully saturated rings. The van der Waals surface area contributed by atoms with E-state index in [4.69, 9.17) is 4.74 Å². The van der Waals surface area contributed by atoms with Crippen LogP contribution in [0.5, 0.6) is 0 Å². The lowest BCUT2D eigenvalue weighted by molar-refractivity contribution is 0.0590. The third-order valence-corrected chi connectivity index (χ3v) is 3.11. The normalized spacial score (nSPS) is 35.8. The van der Waals surface area contributed by atoms with Gasteiger partial charge in [-0.05, 0) is 26.8 Å². The highest BCUT2D eigenvalue weighted by molar-refractivity contribution is 4.90. The molecule has 0 aliphatic carbocycles. The maximum absolute atomic E-state index is 5.63. The van der Waals surface area contributed by atoms with Crippen molar-refractivity contribution in [3.05, 3.63) is 0 Å². The van der Waals surface area contributed by atoms with Gasteiger partial charge in [-0.25, -0.2) is 0 Å². The van der Waals surface area contributed by atoms with Crippen LogP contribution in [0, 0.1) is 5.41 Å². The van der Waals surface area contributed by atoms with Crippen LogP contribution in [0.15, 0.2) is 0 Å². The molecule has 0 aromatic heterocycles. The fourth-order valence-corrected chi connectivity index (χ4v) is 2.32. The van der Waals surface area contributed by atoms with Gasteiger partial charge in [0.1, 0.15) is 0 Å². The highest BCUT2D eigenvalue weighted by atomic mass is 16.5. The molecular formula is C10H21NO. The summed E-state index contributed by atoms with van der Waals surface area (Å²) in [6.45, 7) is 6.51. The second-order valence-corrected chi connectivity index (χ2v) is 3.91. The average molecular weight is 171 g/mol. The van der Waals surface area contributed by atoms with Crippen LogP contribution in [0.1, 0.15) is 33.1 Å². The summed E-state index contributed by atoms with van der Waals surface area (Å²) in [4.78, 5) is 0. The van der Waals surface area contributed by atoms with Crippen molar-refractivity contribution in [3.63, 3.8) is 0 Å². The van der Waals surface area contributed by atoms with Gasteiger partial charge in [0.25, 0.3) is 0 Å². The number of hydrogen-bond acceptors (Lipinski definition) is 2. The van der Waals surface area contributed by atoms with Crippen molar-refractivity contribution in [2.24, 2.45) is 5.41 Å². The average Bonchev–Trinajstić information content (AvgIpc) is 2.35. The molecule has 0 amide bonds. The molecule has 2 nitrogen and oxygen atoms in total. The zero-order valence-electron chi connectivity index (χ0n) is 8.52. The Bertz CT molecular complexity index is 130. The quantitative estimate of drug-likeness (QED) is 0.696. The van der Waals surface area contributed by atoms with Crippen molar-refractivity contribution in [2.75, 3.05) is 20.2 Å². The Hall–Kier alpha value is -0.0800. The number of hydrogen-bond donors (Lipinski definition) is 1. The van der Waals surface area contributed by atoms with Gasteiger partial charge < -0.3 is 10.1 Å². The monoisotopic (exact) mass is 171 g/mol. The van der Waals surface area contributed by atoms with Gasteiger partial charge in [0.05, 0.1) is 6.10 Å². The summed E-state index contributed by atoms with van der Waals surface area (Å²) >= 11 is 0. The van der Waals surface area contributed by atoms with Crippen LogP contribution in [0.2, 0.25) is 0 Å². The summed E-state index contributed by atoms with van der Waals surface area (Å²) in [6.07, 6.45) is 4.21. The van der Waals surface area contributed by atoms with E-state index in [1.54, 1.807) is 0 Å². The van der Waals surface area contributed by atoms with Gasteiger partial charge in [0.2, 0.25) is 0 Å². The molecule has 2 unspecified atom stereocenters. The molecule has 0 aromatic rings. The highest BCUT2D eigenvalue weighted by Crippen LogP contribution is 2.38. The maximum atomic E-state index is 5.63. The molecular weight excluding hydrogens is 150 g/mol. The van der Waals surface area contributed by atoms with Crippen LogP contribution in [0.4, 0.5) is 0 Å². The molecule has 0 spiro atoms. The van der Waals surface area contributed by atoms with E-state index in [1.165, 1.54) is 19.3 Å². The van der Waals surface area contributed by atoms with Crippen molar-refractivity contribution < 1.29 is 4.74 Å². The molecule has 72 valence electrons. The lowest BCUT2D eigenvalue weighted by atomic mass is 9.77. The Balaban J connectivity index is 2.57. The number of nitrogens with one attached hydrogen (secondary N) is 1. The predicted molar refractivity (Wildman–Crippen MR) is 51.3 cm³/mol. The van der Waals surface area contributed by atoms with Crippen LogP contribution >= 0.6 is 0 Å². The first-order valence-corrected chi connectivity index (χ1v) is 5.01. The second-order valence-electron chi connectivity index (χ2n) is 3.91. The molecule has 1 N–H and O–H groups in total. The third-order valence-electron chi connectivity index (χ3n) is 3.11. The molecule has 12 heavy (non-hydrogen) atoms. The first kappa shape index (κ1) is 10.0. The Kier molecular flexibility index (Phi) is 3.53. The summed E-state index contributed by atoms with van der Waals surface area (Å²) in [6, 6.07) is 0. The Morgan fingerprint density at radius 1 is 1.58 bits per heavy atom. The van der Waals surface area contributed by atoms with Crippen molar-refractivity contribution >= 4 is 0 Å². The van der Waals surface area contributed by atoms with Crippen molar-refractivity contribution in [1.29, 1.82) is 0 Å². The van der Waals surface area contributed by atoms with Gasteiger partial charge in [-0.2, -0.15) is 0 Å². The minimum atomic E-state index is 0.420. The fourth-order valence-electron chi connectivity index (χ4n) is 2.32. The molecule has 2 atom stereocenters. The van der Waals surface area contributed by atoms with Crippen LogP contribution in [-0.4, -0.2) is 26.3 Å². The second kappa shape index (κ2) is 4.24. The summed E-state index contributed by atoms with van der Waals surface area (Å²) in [5.74, 6) is 0. The van der Waals surface area contributed by atoms with Gasteiger partial charge in [0.15, 0.2) is 0 Å². The van der Waals surface area contributed by atoms with Crippen LogP contribution in [-0.2, 0) is 4.74 Å². The first-order valence-electron chi connectivity index (χ1n) is 5.01. The topological polar surface area (TPSA) is 21.3 Å². The van der Waals surface area contributed by atoms with E-state index in [0.717, 1.165) is 13.2 Å². The molecule has 1 rings (SSSR count). The van der Waals surface area contributed by atoms with Crippen LogP contribution in [0.3, 0.4) is 0 Å². The van der Waals surface area contributed by atoms with E-state index in [0.29, 0.717) is 11.5 Å². The summed E-state index contributed by atoms with van der Waals surface area (Å²) < 4.78 is 5.63. The third kappa shape index (κ3) is 1.80. The van der Waals surface area contributed by atoms with Gasteiger partial charge >= 0.3 is 0 Å². The van der Waals surface area contributed by atoms with E-state index in [-0.39, 0.29) is 0 Å². The molecule has 0 aromatic carbocycles. The molecule has 1 aliphatic heterocycles. The molecule has 0 bridgehead atoms. The van der Waals surface area contributed by atoms with Gasteiger partial charge in [-0.15, -0.1) is 0 Å². The lowest BCUT2D eigenvalue weighted by Crippen LogP contribution is -2.38. The number of ether oxygens (including phenoxy) is 1. The van der Waals surface area contributed by atoms with Crippen molar-refractivity contribution in [3.8, 4) is 0 Å². The Morgan fingerprint density at radius 2 is 2.33 bits per heavy atom. The molecule has 1 heterocycles. The van der Waals surface area contributed by atoms with E-state index >= 15 is 0 Å². The standard InChI is InChI=1S/C10H21NO/c1-4-5-10(8-11-3)6-7-12-9(10)2/h9,11H,4-8H2,1-3H3. The van der Waals surface area contributed by atoms with E-state index in [1.807, 2.05) is 7.05 Å². The lowest BCUT2D eigenvalue weighted by Gasteiger charge is -2.31. The largest absolute Gasteiger partial charge is 0.378 e. The predicted octanol–water partition coefficient (Wildman–Crippen LogP) is 1.80. The molecule has 0 radical (unpaired) electrons. The van der Waals surface area contributed by atoms with Gasteiger partial charge in [-0.3, -0.25) is 0 Å². The fraction of sp³-hybridized carbons (Fsp3) is 1.00. The van der Waals surface area contributed by atoms with E-state index in [9.17, 15) is 0 Å². The van der Waals surface area contributed by atoms with E-state index < -0.39 is 0 Å². The van der Waals surface area contributed by atoms with Gasteiger partial charge in [0, 0.05) is 18.6 Å². The SMILES string of the molecule is CCCC1(CNC)CCOC1C. The maximum Gasteiger partial charge on any atom is 0.0616 e. The van der Waals surface area contributed by atoms with E-state index in [2.05, 4.69) is 19.2 Å². The molecule has 0 saturated carbocycles. The summed E-state index contributed by atoms with van der Waals surface area (Å²) in [7, 11) is 2.03. The molecule has 2 heteroatoms. The van der Waals surface area contributed by atoms with Crippen LogP contribution < -0.4 is 5.32 Å². The van der Waals surface area contributed by atoms with Gasteiger partial charge in [-0.1, -0.05) is 13.3 Å². The zero-order valence-corrected chi connectivity index (χ0v) is 8.52. The molecule has 1 aliphatic rings. The Morgan fingerprint density at radius 3 is 2.75 bits per heavy atom. The van der Waals surface area contributed by atoms with Crippen molar-refractivity contribution in [2.45, 2.75) is 39.2 Å². The summed E-state index contributed by atoms with van der Waals surface area (Å²) in [5.41, 5.74) is 0.420. The minimum absolute atomic E-state index is 0.420.